The molecule has 104 valence electrons. The number of hydrogen-bond acceptors (Lipinski definition) is 4. The number of thioether (sulfide) groups is 1. The summed E-state index contributed by atoms with van der Waals surface area (Å²) in [5.74, 6) is 1.77. The van der Waals surface area contributed by atoms with Crippen LogP contribution in [0.25, 0.3) is 0 Å². The lowest BCUT2D eigenvalue weighted by Crippen LogP contribution is -2.22. The van der Waals surface area contributed by atoms with Gasteiger partial charge in [0.1, 0.15) is 13.2 Å². The van der Waals surface area contributed by atoms with E-state index in [1.165, 1.54) is 23.3 Å². The molecule has 1 saturated carbocycles. The number of fused-ring (bicyclic) bond motifs is 1. The molecular formula is C15H21NO2S. The average molecular weight is 279 g/mol. The molecule has 19 heavy (non-hydrogen) atoms. The van der Waals surface area contributed by atoms with Crippen molar-refractivity contribution in [2.45, 2.75) is 31.2 Å². The van der Waals surface area contributed by atoms with Gasteiger partial charge in [-0.2, -0.15) is 0 Å². The van der Waals surface area contributed by atoms with Gasteiger partial charge in [0, 0.05) is 18.0 Å². The maximum atomic E-state index is 5.66. The summed E-state index contributed by atoms with van der Waals surface area (Å²) in [6.07, 6.45) is 4.82. The zero-order chi connectivity index (χ0) is 13.3. The van der Waals surface area contributed by atoms with Crippen LogP contribution in [-0.4, -0.2) is 26.0 Å². The number of benzene rings is 1. The molecule has 0 unspecified atom stereocenters. The Labute approximate surface area is 119 Å². The number of hydrogen-bond donors (Lipinski definition) is 1. The maximum absolute atomic E-state index is 5.66. The van der Waals surface area contributed by atoms with Crippen LogP contribution in [0.15, 0.2) is 17.0 Å². The largest absolute Gasteiger partial charge is 0.486 e. The van der Waals surface area contributed by atoms with Crippen LogP contribution in [-0.2, 0) is 6.54 Å². The van der Waals surface area contributed by atoms with Crippen LogP contribution in [0.3, 0.4) is 0 Å². The molecule has 2 aliphatic rings. The molecule has 4 heteroatoms. The zero-order valence-electron chi connectivity index (χ0n) is 11.6. The van der Waals surface area contributed by atoms with Crippen LogP contribution in [0, 0.1) is 5.41 Å². The van der Waals surface area contributed by atoms with Crippen LogP contribution in [0.2, 0.25) is 0 Å². The van der Waals surface area contributed by atoms with Crippen molar-refractivity contribution in [2.75, 3.05) is 26.0 Å². The Morgan fingerprint density at radius 1 is 1.21 bits per heavy atom. The standard InChI is InChI=1S/C15H21NO2S/c1-15(3-4-15)10-16-9-11-7-12-13(8-14(11)19-2)18-6-5-17-12/h7-8,16H,3-6,9-10H2,1-2H3. The monoisotopic (exact) mass is 279 g/mol. The molecule has 1 aromatic carbocycles. The SMILES string of the molecule is CSc1cc2c(cc1CNCC1(C)CC1)OCCO2. The molecule has 0 atom stereocenters. The fourth-order valence-corrected chi connectivity index (χ4v) is 2.95. The minimum Gasteiger partial charge on any atom is -0.486 e. The van der Waals surface area contributed by atoms with E-state index in [-0.39, 0.29) is 0 Å². The summed E-state index contributed by atoms with van der Waals surface area (Å²) in [4.78, 5) is 1.28. The molecule has 1 N–H and O–H groups in total. The lowest BCUT2D eigenvalue weighted by molar-refractivity contribution is 0.171. The Balaban J connectivity index is 1.71. The Bertz CT molecular complexity index is 471. The van der Waals surface area contributed by atoms with Gasteiger partial charge in [-0.25, -0.2) is 0 Å². The van der Waals surface area contributed by atoms with Crippen LogP contribution in [0.1, 0.15) is 25.3 Å². The van der Waals surface area contributed by atoms with Crippen molar-refractivity contribution >= 4 is 11.8 Å². The lowest BCUT2D eigenvalue weighted by Gasteiger charge is -2.21. The second kappa shape index (κ2) is 5.25. The molecule has 0 radical (unpaired) electrons. The van der Waals surface area contributed by atoms with Gasteiger partial charge >= 0.3 is 0 Å². The molecule has 1 aliphatic heterocycles. The molecular weight excluding hydrogens is 258 g/mol. The quantitative estimate of drug-likeness (QED) is 0.839. The summed E-state index contributed by atoms with van der Waals surface area (Å²) in [6, 6.07) is 4.23. The van der Waals surface area contributed by atoms with Gasteiger partial charge in [-0.3, -0.25) is 0 Å². The van der Waals surface area contributed by atoms with E-state index in [4.69, 9.17) is 9.47 Å². The smallest absolute Gasteiger partial charge is 0.162 e. The Morgan fingerprint density at radius 2 is 1.89 bits per heavy atom. The summed E-state index contributed by atoms with van der Waals surface area (Å²) >= 11 is 1.77. The van der Waals surface area contributed by atoms with E-state index in [2.05, 4.69) is 30.6 Å². The highest BCUT2D eigenvalue weighted by Crippen LogP contribution is 2.44. The average Bonchev–Trinajstić information content (AvgIpc) is 3.16. The molecule has 1 heterocycles. The third-order valence-corrected chi connectivity index (χ3v) is 4.74. The summed E-state index contributed by atoms with van der Waals surface area (Å²) in [5, 5.41) is 3.58. The predicted octanol–water partition coefficient (Wildman–Crippen LogP) is 3.07. The molecule has 1 aliphatic carbocycles. The first-order valence-electron chi connectivity index (χ1n) is 6.87. The van der Waals surface area contributed by atoms with Crippen molar-refractivity contribution in [3.05, 3.63) is 17.7 Å². The predicted molar refractivity (Wildman–Crippen MR) is 78.3 cm³/mol. The van der Waals surface area contributed by atoms with E-state index < -0.39 is 0 Å². The Morgan fingerprint density at radius 3 is 2.53 bits per heavy atom. The van der Waals surface area contributed by atoms with Crippen LogP contribution in [0.4, 0.5) is 0 Å². The first kappa shape index (κ1) is 13.1. The topological polar surface area (TPSA) is 30.5 Å². The molecule has 1 fully saturated rings. The second-order valence-electron chi connectivity index (χ2n) is 5.72. The van der Waals surface area contributed by atoms with Gasteiger partial charge in [0.2, 0.25) is 0 Å². The number of nitrogens with one attached hydrogen (secondary N) is 1. The molecule has 0 spiro atoms. The van der Waals surface area contributed by atoms with Crippen molar-refractivity contribution in [1.29, 1.82) is 0 Å². The molecule has 0 amide bonds. The van der Waals surface area contributed by atoms with E-state index in [0.717, 1.165) is 24.6 Å². The van der Waals surface area contributed by atoms with Gasteiger partial charge in [0.25, 0.3) is 0 Å². The highest BCUT2D eigenvalue weighted by molar-refractivity contribution is 7.98. The molecule has 0 bridgehead atoms. The molecule has 0 aromatic heterocycles. The van der Waals surface area contributed by atoms with E-state index >= 15 is 0 Å². The van der Waals surface area contributed by atoms with Gasteiger partial charge in [0.15, 0.2) is 11.5 Å². The number of rotatable bonds is 5. The lowest BCUT2D eigenvalue weighted by atomic mass is 10.1. The number of ether oxygens (including phenoxy) is 2. The Kier molecular flexibility index (Phi) is 3.63. The van der Waals surface area contributed by atoms with Gasteiger partial charge in [-0.15, -0.1) is 11.8 Å². The van der Waals surface area contributed by atoms with E-state index in [1.54, 1.807) is 11.8 Å². The molecule has 3 rings (SSSR count). The van der Waals surface area contributed by atoms with Crippen molar-refractivity contribution < 1.29 is 9.47 Å². The van der Waals surface area contributed by atoms with Gasteiger partial charge < -0.3 is 14.8 Å². The van der Waals surface area contributed by atoms with Crippen molar-refractivity contribution in [3.63, 3.8) is 0 Å². The molecule has 0 saturated heterocycles. The first-order valence-corrected chi connectivity index (χ1v) is 8.10. The van der Waals surface area contributed by atoms with E-state index in [1.807, 2.05) is 0 Å². The fraction of sp³-hybridized carbons (Fsp3) is 0.600. The van der Waals surface area contributed by atoms with E-state index in [9.17, 15) is 0 Å². The van der Waals surface area contributed by atoms with Crippen molar-refractivity contribution in [3.8, 4) is 11.5 Å². The van der Waals surface area contributed by atoms with Crippen LogP contribution in [0.5, 0.6) is 11.5 Å². The minimum absolute atomic E-state index is 0.549. The third-order valence-electron chi connectivity index (χ3n) is 3.92. The van der Waals surface area contributed by atoms with Crippen molar-refractivity contribution in [2.24, 2.45) is 5.41 Å². The normalized spacial score (nSPS) is 19.3. The first-order chi connectivity index (χ1) is 9.20. The van der Waals surface area contributed by atoms with Crippen LogP contribution < -0.4 is 14.8 Å². The fourth-order valence-electron chi connectivity index (χ4n) is 2.33. The van der Waals surface area contributed by atoms with Gasteiger partial charge in [-0.1, -0.05) is 6.92 Å². The van der Waals surface area contributed by atoms with Gasteiger partial charge in [-0.05, 0) is 42.2 Å². The highest BCUT2D eigenvalue weighted by atomic mass is 32.2. The third kappa shape index (κ3) is 3.00. The molecule has 3 nitrogen and oxygen atoms in total. The zero-order valence-corrected chi connectivity index (χ0v) is 12.4. The summed E-state index contributed by atoms with van der Waals surface area (Å²) < 4.78 is 11.3. The van der Waals surface area contributed by atoms with Crippen molar-refractivity contribution in [1.82, 2.24) is 5.32 Å². The summed E-state index contributed by atoms with van der Waals surface area (Å²) in [7, 11) is 0. The van der Waals surface area contributed by atoms with Gasteiger partial charge in [0.05, 0.1) is 0 Å². The molecule has 1 aromatic rings. The minimum atomic E-state index is 0.549. The summed E-state index contributed by atoms with van der Waals surface area (Å²) in [6.45, 7) is 5.66. The Hall–Kier alpha value is -0.870. The second-order valence-corrected chi connectivity index (χ2v) is 6.57. The summed E-state index contributed by atoms with van der Waals surface area (Å²) in [5.41, 5.74) is 1.86. The van der Waals surface area contributed by atoms with Crippen LogP contribution >= 0.6 is 11.8 Å². The highest BCUT2D eigenvalue weighted by Gasteiger charge is 2.36. The van der Waals surface area contributed by atoms with E-state index in [0.29, 0.717) is 18.6 Å². The maximum Gasteiger partial charge on any atom is 0.162 e.